The third-order valence-corrected chi connectivity index (χ3v) is 2.96. The van der Waals surface area contributed by atoms with Crippen molar-refractivity contribution in [2.45, 2.75) is 0 Å². The quantitative estimate of drug-likeness (QED) is 0.831. The lowest BCUT2D eigenvalue weighted by atomic mass is 10.0. The van der Waals surface area contributed by atoms with Crippen LogP contribution in [-0.4, -0.2) is 0 Å². The van der Waals surface area contributed by atoms with E-state index in [9.17, 15) is 0 Å². The van der Waals surface area contributed by atoms with E-state index >= 15 is 0 Å². The SMILES string of the molecule is C1=C[C](c2ccccc2)NC(c2ccccc2)=C1. The lowest BCUT2D eigenvalue weighted by molar-refractivity contribution is 0.982. The summed E-state index contributed by atoms with van der Waals surface area (Å²) in [6, 6.07) is 21.9. The Bertz CT molecular complexity index is 567. The lowest BCUT2D eigenvalue weighted by Crippen LogP contribution is -2.21. The minimum Gasteiger partial charge on any atom is -0.369 e. The van der Waals surface area contributed by atoms with E-state index in [1.807, 2.05) is 12.1 Å². The molecule has 0 aromatic heterocycles. The Balaban J connectivity index is 1.85. The zero-order valence-corrected chi connectivity index (χ0v) is 10.0. The van der Waals surface area contributed by atoms with Gasteiger partial charge in [0, 0.05) is 5.70 Å². The Morgan fingerprint density at radius 2 is 1.28 bits per heavy atom. The predicted molar refractivity (Wildman–Crippen MR) is 75.5 cm³/mol. The number of benzene rings is 2. The zero-order chi connectivity index (χ0) is 12.2. The highest BCUT2D eigenvalue weighted by molar-refractivity contribution is 5.70. The Labute approximate surface area is 107 Å². The highest BCUT2D eigenvalue weighted by atomic mass is 14.9. The molecule has 1 N–H and O–H groups in total. The molecule has 0 saturated carbocycles. The van der Waals surface area contributed by atoms with Crippen LogP contribution in [0.25, 0.3) is 5.70 Å². The molecule has 0 aliphatic carbocycles. The number of allylic oxidation sites excluding steroid dienone is 2. The van der Waals surface area contributed by atoms with Gasteiger partial charge in [-0.3, -0.25) is 0 Å². The second-order valence-electron chi connectivity index (χ2n) is 4.21. The van der Waals surface area contributed by atoms with Crippen LogP contribution in [0.5, 0.6) is 0 Å². The number of nitrogens with one attached hydrogen (secondary N) is 1. The molecule has 18 heavy (non-hydrogen) atoms. The Hall–Kier alpha value is -2.28. The van der Waals surface area contributed by atoms with Gasteiger partial charge in [0.05, 0.1) is 0 Å². The molecule has 0 atom stereocenters. The molecule has 1 nitrogen and oxygen atoms in total. The van der Waals surface area contributed by atoms with Gasteiger partial charge in [0.15, 0.2) is 0 Å². The molecular formula is C17H14N. The fourth-order valence-electron chi connectivity index (χ4n) is 2.04. The van der Waals surface area contributed by atoms with E-state index in [1.165, 1.54) is 11.1 Å². The van der Waals surface area contributed by atoms with E-state index in [-0.39, 0.29) is 0 Å². The average Bonchev–Trinajstić information content (AvgIpc) is 2.49. The number of hydrogen-bond acceptors (Lipinski definition) is 1. The van der Waals surface area contributed by atoms with E-state index in [0.29, 0.717) is 0 Å². The molecule has 2 aromatic rings. The van der Waals surface area contributed by atoms with Crippen molar-refractivity contribution in [2.75, 3.05) is 0 Å². The molecule has 1 radical (unpaired) electrons. The maximum atomic E-state index is 3.48. The minimum atomic E-state index is 1.14. The molecule has 1 heterocycles. The summed E-state index contributed by atoms with van der Waals surface area (Å²) < 4.78 is 0. The summed E-state index contributed by atoms with van der Waals surface area (Å²) in [5.74, 6) is 0. The van der Waals surface area contributed by atoms with E-state index in [4.69, 9.17) is 0 Å². The van der Waals surface area contributed by atoms with Crippen LogP contribution in [0.2, 0.25) is 0 Å². The number of rotatable bonds is 2. The number of hydrogen-bond donors (Lipinski definition) is 1. The maximum absolute atomic E-state index is 3.48. The summed E-state index contributed by atoms with van der Waals surface area (Å²) in [6.45, 7) is 0. The maximum Gasteiger partial charge on any atom is 0.113 e. The molecular weight excluding hydrogens is 218 g/mol. The standard InChI is InChI=1S/C17H14N/c1-3-8-14(9-4-1)16-12-7-13-17(18-16)15-10-5-2-6-11-15/h1-13,18H. The Morgan fingerprint density at radius 3 is 1.94 bits per heavy atom. The highest BCUT2D eigenvalue weighted by Gasteiger charge is 2.13. The molecule has 0 amide bonds. The van der Waals surface area contributed by atoms with Crippen molar-refractivity contribution < 1.29 is 0 Å². The molecule has 1 heteroatoms. The van der Waals surface area contributed by atoms with Gasteiger partial charge in [0.2, 0.25) is 0 Å². The fourth-order valence-corrected chi connectivity index (χ4v) is 2.04. The molecule has 1 aliphatic heterocycles. The van der Waals surface area contributed by atoms with E-state index in [0.717, 1.165) is 11.7 Å². The van der Waals surface area contributed by atoms with Gasteiger partial charge in [-0.1, -0.05) is 72.8 Å². The summed E-state index contributed by atoms with van der Waals surface area (Å²) in [4.78, 5) is 0. The zero-order valence-electron chi connectivity index (χ0n) is 10.0. The average molecular weight is 232 g/mol. The smallest absolute Gasteiger partial charge is 0.113 e. The van der Waals surface area contributed by atoms with Gasteiger partial charge in [-0.2, -0.15) is 0 Å². The fraction of sp³-hybridized carbons (Fsp3) is 0. The Kier molecular flexibility index (Phi) is 2.97. The van der Waals surface area contributed by atoms with Gasteiger partial charge in [0.25, 0.3) is 0 Å². The van der Waals surface area contributed by atoms with Gasteiger partial charge in [0.1, 0.15) is 6.04 Å². The highest BCUT2D eigenvalue weighted by Crippen LogP contribution is 2.22. The van der Waals surface area contributed by atoms with Crippen molar-refractivity contribution in [3.8, 4) is 0 Å². The predicted octanol–water partition coefficient (Wildman–Crippen LogP) is 3.77. The van der Waals surface area contributed by atoms with Gasteiger partial charge < -0.3 is 5.32 Å². The van der Waals surface area contributed by atoms with Crippen LogP contribution in [0.4, 0.5) is 0 Å². The molecule has 0 saturated heterocycles. The number of dihydropyridines is 1. The van der Waals surface area contributed by atoms with Crippen LogP contribution in [0.3, 0.4) is 0 Å². The van der Waals surface area contributed by atoms with Crippen molar-refractivity contribution in [3.05, 3.63) is 96.1 Å². The van der Waals surface area contributed by atoms with Crippen LogP contribution in [0, 0.1) is 6.04 Å². The van der Waals surface area contributed by atoms with Crippen molar-refractivity contribution >= 4 is 5.70 Å². The summed E-state index contributed by atoms with van der Waals surface area (Å²) in [5.41, 5.74) is 3.54. The van der Waals surface area contributed by atoms with E-state index < -0.39 is 0 Å². The molecule has 0 unspecified atom stereocenters. The molecule has 0 spiro atoms. The molecule has 0 fully saturated rings. The van der Waals surface area contributed by atoms with E-state index in [1.54, 1.807) is 0 Å². The largest absolute Gasteiger partial charge is 0.369 e. The van der Waals surface area contributed by atoms with Crippen molar-refractivity contribution in [1.29, 1.82) is 0 Å². The summed E-state index contributed by atoms with van der Waals surface area (Å²) in [7, 11) is 0. The van der Waals surface area contributed by atoms with Gasteiger partial charge in [-0.25, -0.2) is 0 Å². The third-order valence-electron chi connectivity index (χ3n) is 2.96. The summed E-state index contributed by atoms with van der Waals surface area (Å²) in [5, 5.41) is 3.48. The van der Waals surface area contributed by atoms with Crippen LogP contribution in [0.15, 0.2) is 78.9 Å². The van der Waals surface area contributed by atoms with Crippen LogP contribution in [-0.2, 0) is 0 Å². The molecule has 3 rings (SSSR count). The molecule has 0 bridgehead atoms. The molecule has 87 valence electrons. The van der Waals surface area contributed by atoms with Crippen LogP contribution in [0.1, 0.15) is 11.1 Å². The second kappa shape index (κ2) is 4.92. The Morgan fingerprint density at radius 1 is 0.667 bits per heavy atom. The first-order chi connectivity index (χ1) is 8.93. The lowest BCUT2D eigenvalue weighted by Gasteiger charge is -2.21. The van der Waals surface area contributed by atoms with Crippen molar-refractivity contribution in [2.24, 2.45) is 0 Å². The van der Waals surface area contributed by atoms with E-state index in [2.05, 4.69) is 72.1 Å². The minimum absolute atomic E-state index is 1.14. The van der Waals surface area contributed by atoms with Crippen molar-refractivity contribution in [1.82, 2.24) is 5.32 Å². The summed E-state index contributed by atoms with van der Waals surface area (Å²) >= 11 is 0. The van der Waals surface area contributed by atoms with Gasteiger partial charge >= 0.3 is 0 Å². The monoisotopic (exact) mass is 232 g/mol. The van der Waals surface area contributed by atoms with Crippen LogP contribution < -0.4 is 5.32 Å². The second-order valence-corrected chi connectivity index (χ2v) is 4.21. The van der Waals surface area contributed by atoms with Crippen LogP contribution >= 0.6 is 0 Å². The normalized spacial score (nSPS) is 15.0. The third kappa shape index (κ3) is 2.21. The first kappa shape index (κ1) is 10.8. The molecule has 2 aromatic carbocycles. The molecule has 1 aliphatic rings. The van der Waals surface area contributed by atoms with Gasteiger partial charge in [-0.05, 0) is 17.2 Å². The van der Waals surface area contributed by atoms with Crippen molar-refractivity contribution in [3.63, 3.8) is 0 Å². The summed E-state index contributed by atoms with van der Waals surface area (Å²) in [6.07, 6.45) is 6.28. The first-order valence-corrected chi connectivity index (χ1v) is 6.07. The first-order valence-electron chi connectivity index (χ1n) is 6.07. The topological polar surface area (TPSA) is 12.0 Å². The van der Waals surface area contributed by atoms with Gasteiger partial charge in [-0.15, -0.1) is 0 Å².